The SMILES string of the molecule is O/C=C/CC(F)(F)F. The zero-order valence-corrected chi connectivity index (χ0v) is 3.94. The van der Waals surface area contributed by atoms with Crippen molar-refractivity contribution in [3.05, 3.63) is 12.3 Å². The Kier molecular flexibility index (Phi) is 2.37. The van der Waals surface area contributed by atoms with Crippen LogP contribution < -0.4 is 0 Å². The largest absolute Gasteiger partial charge is 0.516 e. The fraction of sp³-hybridized carbons (Fsp3) is 0.500. The predicted molar refractivity (Wildman–Crippen MR) is 22.4 cm³/mol. The van der Waals surface area contributed by atoms with E-state index in [-0.39, 0.29) is 0 Å². The van der Waals surface area contributed by atoms with E-state index in [2.05, 4.69) is 0 Å². The second-order valence-corrected chi connectivity index (χ2v) is 1.20. The van der Waals surface area contributed by atoms with Crippen molar-refractivity contribution in [1.82, 2.24) is 0 Å². The molecule has 1 N–H and O–H groups in total. The summed E-state index contributed by atoms with van der Waals surface area (Å²) >= 11 is 0. The Balaban J connectivity index is 3.39. The fourth-order valence-corrected chi connectivity index (χ4v) is 0.186. The molecule has 0 bridgehead atoms. The number of aliphatic hydroxyl groups is 1. The molecule has 1 nitrogen and oxygen atoms in total. The highest BCUT2D eigenvalue weighted by molar-refractivity contribution is 4.75. The van der Waals surface area contributed by atoms with Crippen LogP contribution in [0.3, 0.4) is 0 Å². The molecule has 0 aliphatic carbocycles. The first-order chi connectivity index (χ1) is 3.56. The van der Waals surface area contributed by atoms with Crippen LogP contribution in [0.25, 0.3) is 0 Å². The summed E-state index contributed by atoms with van der Waals surface area (Å²) in [6.07, 6.45) is -4.24. The summed E-state index contributed by atoms with van der Waals surface area (Å²) in [5.41, 5.74) is 0. The number of hydrogen-bond donors (Lipinski definition) is 1. The van der Waals surface area contributed by atoms with E-state index in [0.29, 0.717) is 12.3 Å². The Labute approximate surface area is 44.4 Å². The zero-order chi connectivity index (χ0) is 6.62. The minimum atomic E-state index is -4.20. The van der Waals surface area contributed by atoms with Gasteiger partial charge in [0.05, 0.1) is 12.7 Å². The third-order valence-corrected chi connectivity index (χ3v) is 0.455. The molecule has 0 spiro atoms. The fourth-order valence-electron chi connectivity index (χ4n) is 0.186. The summed E-state index contributed by atoms with van der Waals surface area (Å²) in [5, 5.41) is 7.75. The van der Waals surface area contributed by atoms with Crippen LogP contribution in [0, 0.1) is 0 Å². The number of aliphatic hydroxyl groups excluding tert-OH is 1. The van der Waals surface area contributed by atoms with Gasteiger partial charge in [-0.25, -0.2) is 0 Å². The van der Waals surface area contributed by atoms with Crippen molar-refractivity contribution in [2.24, 2.45) is 0 Å². The van der Waals surface area contributed by atoms with Crippen molar-refractivity contribution in [3.8, 4) is 0 Å². The molecule has 0 aliphatic rings. The minimum Gasteiger partial charge on any atom is -0.516 e. The Morgan fingerprint density at radius 3 is 2.00 bits per heavy atom. The van der Waals surface area contributed by atoms with Crippen molar-refractivity contribution < 1.29 is 18.3 Å². The molecule has 0 amide bonds. The molecule has 0 atom stereocenters. The molecular formula is C4H5F3O. The smallest absolute Gasteiger partial charge is 0.392 e. The molecule has 8 heavy (non-hydrogen) atoms. The lowest BCUT2D eigenvalue weighted by Crippen LogP contribution is -2.03. The molecule has 0 saturated carbocycles. The Morgan fingerprint density at radius 2 is 1.88 bits per heavy atom. The molecular weight excluding hydrogens is 121 g/mol. The van der Waals surface area contributed by atoms with Crippen LogP contribution in [0.5, 0.6) is 0 Å². The van der Waals surface area contributed by atoms with Crippen molar-refractivity contribution >= 4 is 0 Å². The summed E-state index contributed by atoms with van der Waals surface area (Å²) in [5.74, 6) is 0. The molecule has 0 aromatic carbocycles. The van der Waals surface area contributed by atoms with Gasteiger partial charge in [0.1, 0.15) is 0 Å². The van der Waals surface area contributed by atoms with Gasteiger partial charge in [-0.2, -0.15) is 13.2 Å². The third-order valence-electron chi connectivity index (χ3n) is 0.455. The molecule has 0 aromatic heterocycles. The molecule has 0 fully saturated rings. The molecule has 4 heteroatoms. The van der Waals surface area contributed by atoms with Gasteiger partial charge in [-0.1, -0.05) is 0 Å². The highest BCUT2D eigenvalue weighted by Gasteiger charge is 2.24. The number of allylic oxidation sites excluding steroid dienone is 1. The van der Waals surface area contributed by atoms with Gasteiger partial charge < -0.3 is 5.11 Å². The minimum absolute atomic E-state index is 0.382. The summed E-state index contributed by atoms with van der Waals surface area (Å²) in [4.78, 5) is 0. The Morgan fingerprint density at radius 1 is 1.38 bits per heavy atom. The molecule has 0 aliphatic heterocycles. The van der Waals surface area contributed by atoms with Crippen LogP contribution in [0.1, 0.15) is 6.42 Å². The van der Waals surface area contributed by atoms with Crippen LogP contribution in [-0.4, -0.2) is 11.3 Å². The van der Waals surface area contributed by atoms with E-state index in [9.17, 15) is 13.2 Å². The molecule has 0 radical (unpaired) electrons. The number of halogens is 3. The van der Waals surface area contributed by atoms with Crippen molar-refractivity contribution in [2.45, 2.75) is 12.6 Å². The van der Waals surface area contributed by atoms with E-state index >= 15 is 0 Å². The number of alkyl halides is 3. The average Bonchev–Trinajstić information content (AvgIpc) is 1.59. The molecule has 0 saturated heterocycles. The zero-order valence-electron chi connectivity index (χ0n) is 3.94. The van der Waals surface area contributed by atoms with E-state index in [4.69, 9.17) is 5.11 Å². The first-order valence-corrected chi connectivity index (χ1v) is 1.92. The summed E-state index contributed by atoms with van der Waals surface area (Å²) in [6, 6.07) is 0. The first-order valence-electron chi connectivity index (χ1n) is 1.92. The van der Waals surface area contributed by atoms with E-state index in [1.807, 2.05) is 0 Å². The average molecular weight is 126 g/mol. The van der Waals surface area contributed by atoms with Gasteiger partial charge in [0.2, 0.25) is 0 Å². The maximum atomic E-state index is 11.1. The first kappa shape index (κ1) is 7.33. The van der Waals surface area contributed by atoms with Gasteiger partial charge in [-0.05, 0) is 6.08 Å². The normalized spacial score (nSPS) is 12.9. The lowest BCUT2D eigenvalue weighted by Gasteiger charge is -1.98. The lowest BCUT2D eigenvalue weighted by molar-refractivity contribution is -0.125. The Bertz CT molecular complexity index is 83.8. The van der Waals surface area contributed by atoms with Crippen molar-refractivity contribution in [3.63, 3.8) is 0 Å². The van der Waals surface area contributed by atoms with Crippen molar-refractivity contribution in [1.29, 1.82) is 0 Å². The molecule has 0 heterocycles. The number of hydrogen-bond acceptors (Lipinski definition) is 1. The topological polar surface area (TPSA) is 20.2 Å². The molecule has 48 valence electrons. The molecule has 0 aromatic rings. The molecule has 0 rings (SSSR count). The molecule has 0 unspecified atom stereocenters. The van der Waals surface area contributed by atoms with E-state index < -0.39 is 12.6 Å². The number of rotatable bonds is 1. The van der Waals surface area contributed by atoms with Crippen LogP contribution in [0.15, 0.2) is 12.3 Å². The maximum Gasteiger partial charge on any atom is 0.392 e. The van der Waals surface area contributed by atoms with Crippen LogP contribution in [0.2, 0.25) is 0 Å². The second kappa shape index (κ2) is 2.59. The van der Waals surface area contributed by atoms with E-state index in [1.54, 1.807) is 0 Å². The summed E-state index contributed by atoms with van der Waals surface area (Å²) in [7, 11) is 0. The standard InChI is InChI=1S/C4H5F3O/c5-4(6,7)2-1-3-8/h1,3,8H,2H2/b3-1+. The highest BCUT2D eigenvalue weighted by Crippen LogP contribution is 2.19. The van der Waals surface area contributed by atoms with Crippen LogP contribution in [0.4, 0.5) is 13.2 Å². The predicted octanol–water partition coefficient (Wildman–Crippen LogP) is 2.01. The third kappa shape index (κ3) is 5.33. The van der Waals surface area contributed by atoms with Gasteiger partial charge >= 0.3 is 6.18 Å². The highest BCUT2D eigenvalue weighted by atomic mass is 19.4. The summed E-state index contributed by atoms with van der Waals surface area (Å²) in [6.45, 7) is 0. The van der Waals surface area contributed by atoms with E-state index in [1.165, 1.54) is 0 Å². The van der Waals surface area contributed by atoms with Gasteiger partial charge in [0.25, 0.3) is 0 Å². The van der Waals surface area contributed by atoms with Gasteiger partial charge in [0, 0.05) is 0 Å². The van der Waals surface area contributed by atoms with Gasteiger partial charge in [-0.15, -0.1) is 0 Å². The van der Waals surface area contributed by atoms with Gasteiger partial charge in [-0.3, -0.25) is 0 Å². The van der Waals surface area contributed by atoms with Gasteiger partial charge in [0.15, 0.2) is 0 Å². The monoisotopic (exact) mass is 126 g/mol. The quantitative estimate of drug-likeness (QED) is 0.533. The lowest BCUT2D eigenvalue weighted by atomic mass is 10.4. The van der Waals surface area contributed by atoms with Crippen molar-refractivity contribution in [2.75, 3.05) is 0 Å². The maximum absolute atomic E-state index is 11.1. The summed E-state index contributed by atoms with van der Waals surface area (Å²) < 4.78 is 33.2. The van der Waals surface area contributed by atoms with E-state index in [0.717, 1.165) is 0 Å². The Hall–Kier alpha value is -0.670. The van der Waals surface area contributed by atoms with Crippen LogP contribution in [-0.2, 0) is 0 Å². The second-order valence-electron chi connectivity index (χ2n) is 1.20. The van der Waals surface area contributed by atoms with Crippen LogP contribution >= 0.6 is 0 Å².